The highest BCUT2D eigenvalue weighted by atomic mass is 16.4. The normalized spacial score (nSPS) is 16.7. The van der Waals surface area contributed by atoms with Gasteiger partial charge in [0.2, 0.25) is 0 Å². The van der Waals surface area contributed by atoms with Crippen molar-refractivity contribution in [2.24, 2.45) is 0 Å². The third-order valence-corrected chi connectivity index (χ3v) is 3.22. The highest BCUT2D eigenvalue weighted by molar-refractivity contribution is 6.59. The molecule has 1 aromatic rings. The molecule has 0 bridgehead atoms. The van der Waals surface area contributed by atoms with Crippen molar-refractivity contribution in [3.8, 4) is 0 Å². The zero-order valence-electron chi connectivity index (χ0n) is 9.69. The van der Waals surface area contributed by atoms with Gasteiger partial charge in [0.15, 0.2) is 0 Å². The van der Waals surface area contributed by atoms with Crippen molar-refractivity contribution < 1.29 is 10.0 Å². The molecule has 2 rings (SSSR count). The lowest BCUT2D eigenvalue weighted by atomic mass is 9.77. The van der Waals surface area contributed by atoms with Gasteiger partial charge < -0.3 is 10.0 Å². The summed E-state index contributed by atoms with van der Waals surface area (Å²) in [5, 5.41) is 18.2. The average Bonchev–Trinajstić information content (AvgIpc) is 2.70. The summed E-state index contributed by atoms with van der Waals surface area (Å²) in [6.07, 6.45) is 2.60. The standard InChI is InChI=1S/C12H18BNO2/c1-10-8-11(4-5-12(10)13(15)16)9-14-6-2-3-7-14/h4-5,8,15-16H,2-3,6-7,9H2,1H3. The topological polar surface area (TPSA) is 43.7 Å². The van der Waals surface area contributed by atoms with Crippen LogP contribution in [0.25, 0.3) is 0 Å². The monoisotopic (exact) mass is 219 g/mol. The Labute approximate surface area is 96.9 Å². The van der Waals surface area contributed by atoms with Crippen molar-refractivity contribution in [1.82, 2.24) is 4.90 Å². The van der Waals surface area contributed by atoms with Crippen molar-refractivity contribution in [2.75, 3.05) is 13.1 Å². The Morgan fingerprint density at radius 1 is 1.25 bits per heavy atom. The van der Waals surface area contributed by atoms with Gasteiger partial charge in [-0.1, -0.05) is 23.8 Å². The largest absolute Gasteiger partial charge is 0.488 e. The summed E-state index contributed by atoms with van der Waals surface area (Å²) in [7, 11) is -1.36. The molecule has 1 heterocycles. The maximum absolute atomic E-state index is 9.12. The van der Waals surface area contributed by atoms with Crippen LogP contribution in [0.3, 0.4) is 0 Å². The Bertz CT molecular complexity index is 362. The number of rotatable bonds is 3. The summed E-state index contributed by atoms with van der Waals surface area (Å²) in [5.41, 5.74) is 2.81. The fraction of sp³-hybridized carbons (Fsp3) is 0.500. The van der Waals surface area contributed by atoms with E-state index in [-0.39, 0.29) is 0 Å². The highest BCUT2D eigenvalue weighted by Crippen LogP contribution is 2.13. The first-order valence-electron chi connectivity index (χ1n) is 5.85. The van der Waals surface area contributed by atoms with E-state index in [9.17, 15) is 0 Å². The van der Waals surface area contributed by atoms with E-state index in [2.05, 4.69) is 4.90 Å². The third kappa shape index (κ3) is 2.64. The molecule has 3 nitrogen and oxygen atoms in total. The predicted molar refractivity (Wildman–Crippen MR) is 65.5 cm³/mol. The summed E-state index contributed by atoms with van der Waals surface area (Å²) in [4.78, 5) is 2.43. The maximum atomic E-state index is 9.12. The Morgan fingerprint density at radius 2 is 1.94 bits per heavy atom. The molecule has 1 aliphatic rings. The number of nitrogens with zero attached hydrogens (tertiary/aromatic N) is 1. The van der Waals surface area contributed by atoms with Gasteiger partial charge in [0.25, 0.3) is 0 Å². The zero-order valence-corrected chi connectivity index (χ0v) is 9.69. The van der Waals surface area contributed by atoms with Crippen LogP contribution < -0.4 is 5.46 Å². The van der Waals surface area contributed by atoms with Gasteiger partial charge in [-0.15, -0.1) is 0 Å². The lowest BCUT2D eigenvalue weighted by molar-refractivity contribution is 0.331. The van der Waals surface area contributed by atoms with Gasteiger partial charge in [0.05, 0.1) is 0 Å². The number of hydrogen-bond donors (Lipinski definition) is 2. The second-order valence-corrected chi connectivity index (χ2v) is 4.55. The minimum absolute atomic E-state index is 0.602. The molecule has 0 spiro atoms. The van der Waals surface area contributed by atoms with E-state index in [1.807, 2.05) is 25.1 Å². The zero-order chi connectivity index (χ0) is 11.5. The van der Waals surface area contributed by atoms with Crippen LogP contribution in [0.4, 0.5) is 0 Å². The molecule has 0 radical (unpaired) electrons. The van der Waals surface area contributed by atoms with Crippen LogP contribution in [-0.4, -0.2) is 35.2 Å². The molecule has 1 aromatic carbocycles. The highest BCUT2D eigenvalue weighted by Gasteiger charge is 2.15. The minimum Gasteiger partial charge on any atom is -0.423 e. The van der Waals surface area contributed by atoms with Crippen molar-refractivity contribution in [3.63, 3.8) is 0 Å². The minimum atomic E-state index is -1.36. The molecule has 0 aromatic heterocycles. The van der Waals surface area contributed by atoms with E-state index < -0.39 is 7.12 Å². The second-order valence-electron chi connectivity index (χ2n) is 4.55. The lowest BCUT2D eigenvalue weighted by Crippen LogP contribution is -2.32. The van der Waals surface area contributed by atoms with E-state index >= 15 is 0 Å². The van der Waals surface area contributed by atoms with Gasteiger partial charge in [-0.2, -0.15) is 0 Å². The van der Waals surface area contributed by atoms with Gasteiger partial charge in [-0.3, -0.25) is 4.90 Å². The van der Waals surface area contributed by atoms with Crippen LogP contribution in [0.1, 0.15) is 24.0 Å². The Balaban J connectivity index is 2.08. The average molecular weight is 219 g/mol. The molecule has 1 fully saturated rings. The molecular weight excluding hydrogens is 201 g/mol. The summed E-state index contributed by atoms with van der Waals surface area (Å²) < 4.78 is 0. The molecule has 86 valence electrons. The molecule has 0 atom stereocenters. The van der Waals surface area contributed by atoms with Crippen LogP contribution in [0.2, 0.25) is 0 Å². The summed E-state index contributed by atoms with van der Waals surface area (Å²) in [5.74, 6) is 0. The van der Waals surface area contributed by atoms with Crippen molar-refractivity contribution >= 4 is 12.6 Å². The Morgan fingerprint density at radius 3 is 2.50 bits per heavy atom. The molecule has 0 amide bonds. The first-order chi connectivity index (χ1) is 7.66. The lowest BCUT2D eigenvalue weighted by Gasteiger charge is -2.15. The number of benzene rings is 1. The molecule has 0 unspecified atom stereocenters. The molecule has 1 aliphatic heterocycles. The van der Waals surface area contributed by atoms with E-state index in [1.54, 1.807) is 0 Å². The third-order valence-electron chi connectivity index (χ3n) is 3.22. The molecule has 2 N–H and O–H groups in total. The van der Waals surface area contributed by atoms with Gasteiger partial charge in [0.1, 0.15) is 0 Å². The van der Waals surface area contributed by atoms with E-state index in [0.717, 1.165) is 12.1 Å². The number of likely N-dealkylation sites (tertiary alicyclic amines) is 1. The van der Waals surface area contributed by atoms with Crippen LogP contribution in [-0.2, 0) is 6.54 Å². The van der Waals surface area contributed by atoms with Gasteiger partial charge in [-0.25, -0.2) is 0 Å². The molecule has 0 saturated carbocycles. The SMILES string of the molecule is Cc1cc(CN2CCCC2)ccc1B(O)O. The predicted octanol–water partition coefficient (Wildman–Crippen LogP) is 0.271. The summed E-state index contributed by atoms with van der Waals surface area (Å²) in [6, 6.07) is 5.85. The molecule has 0 aliphatic carbocycles. The van der Waals surface area contributed by atoms with E-state index in [4.69, 9.17) is 10.0 Å². The van der Waals surface area contributed by atoms with Crippen molar-refractivity contribution in [3.05, 3.63) is 29.3 Å². The Hall–Kier alpha value is -0.835. The number of hydrogen-bond acceptors (Lipinski definition) is 3. The van der Waals surface area contributed by atoms with Crippen molar-refractivity contribution in [2.45, 2.75) is 26.3 Å². The molecule has 1 saturated heterocycles. The van der Waals surface area contributed by atoms with Gasteiger partial charge >= 0.3 is 7.12 Å². The molecular formula is C12H18BNO2. The van der Waals surface area contributed by atoms with E-state index in [1.165, 1.54) is 31.5 Å². The van der Waals surface area contributed by atoms with Crippen LogP contribution in [0.5, 0.6) is 0 Å². The van der Waals surface area contributed by atoms with Crippen LogP contribution >= 0.6 is 0 Å². The van der Waals surface area contributed by atoms with Gasteiger partial charge in [-0.05, 0) is 43.9 Å². The smallest absolute Gasteiger partial charge is 0.423 e. The second kappa shape index (κ2) is 5.00. The maximum Gasteiger partial charge on any atom is 0.488 e. The quantitative estimate of drug-likeness (QED) is 0.717. The Kier molecular flexibility index (Phi) is 3.64. The van der Waals surface area contributed by atoms with Crippen LogP contribution in [0.15, 0.2) is 18.2 Å². The number of aryl methyl sites for hydroxylation is 1. The summed E-state index contributed by atoms with van der Waals surface area (Å²) in [6.45, 7) is 5.26. The summed E-state index contributed by atoms with van der Waals surface area (Å²) >= 11 is 0. The van der Waals surface area contributed by atoms with Crippen LogP contribution in [0, 0.1) is 6.92 Å². The molecule has 4 heteroatoms. The van der Waals surface area contributed by atoms with Crippen molar-refractivity contribution in [1.29, 1.82) is 0 Å². The fourth-order valence-electron chi connectivity index (χ4n) is 2.32. The van der Waals surface area contributed by atoms with Gasteiger partial charge in [0, 0.05) is 6.54 Å². The first-order valence-corrected chi connectivity index (χ1v) is 5.85. The molecule has 16 heavy (non-hydrogen) atoms. The first kappa shape index (κ1) is 11.6. The fourth-order valence-corrected chi connectivity index (χ4v) is 2.32. The van der Waals surface area contributed by atoms with E-state index in [0.29, 0.717) is 5.46 Å².